The molecule has 0 unspecified atom stereocenters. The quantitative estimate of drug-likeness (QED) is 0.532. The largest absolute Gasteiger partial charge is 0.353 e. The first-order valence-corrected chi connectivity index (χ1v) is 10.4. The number of hydrogen-bond donors (Lipinski definition) is 1. The number of pyridine rings is 2. The van der Waals surface area contributed by atoms with Crippen LogP contribution in [0.3, 0.4) is 0 Å². The number of rotatable bonds is 3. The van der Waals surface area contributed by atoms with E-state index in [0.717, 1.165) is 52.3 Å². The molecule has 31 heavy (non-hydrogen) atoms. The van der Waals surface area contributed by atoms with Gasteiger partial charge in [0.1, 0.15) is 17.8 Å². The molecule has 5 rings (SSSR count). The van der Waals surface area contributed by atoms with Crippen LogP contribution in [-0.2, 0) is 4.79 Å². The van der Waals surface area contributed by atoms with Crippen LogP contribution in [0.4, 0.5) is 5.82 Å². The minimum Gasteiger partial charge on any atom is -0.353 e. The van der Waals surface area contributed by atoms with E-state index in [0.29, 0.717) is 18.1 Å². The number of aromatic amines is 1. The van der Waals surface area contributed by atoms with Crippen molar-refractivity contribution in [1.29, 1.82) is 0 Å². The van der Waals surface area contributed by atoms with Crippen molar-refractivity contribution in [3.05, 3.63) is 54.3 Å². The Balaban J connectivity index is 1.51. The van der Waals surface area contributed by atoms with Gasteiger partial charge in [-0.2, -0.15) is 0 Å². The number of H-pyrrole nitrogens is 1. The van der Waals surface area contributed by atoms with Gasteiger partial charge in [-0.1, -0.05) is 11.6 Å². The molecule has 4 aromatic rings. The van der Waals surface area contributed by atoms with Crippen molar-refractivity contribution in [3.8, 4) is 22.4 Å². The molecule has 5 heterocycles. The average molecular weight is 434 g/mol. The van der Waals surface area contributed by atoms with Gasteiger partial charge in [0.05, 0.1) is 10.7 Å². The summed E-state index contributed by atoms with van der Waals surface area (Å²) in [6.45, 7) is 4.58. The van der Waals surface area contributed by atoms with Crippen LogP contribution in [0.1, 0.15) is 6.92 Å². The van der Waals surface area contributed by atoms with Crippen LogP contribution in [0, 0.1) is 0 Å². The van der Waals surface area contributed by atoms with Crippen molar-refractivity contribution >= 4 is 34.4 Å². The minimum absolute atomic E-state index is 0.118. The zero-order valence-electron chi connectivity index (χ0n) is 16.9. The first kappa shape index (κ1) is 19.4. The summed E-state index contributed by atoms with van der Waals surface area (Å²) >= 11 is 6.22. The molecule has 0 spiro atoms. The highest BCUT2D eigenvalue weighted by Gasteiger charge is 2.21. The minimum atomic E-state index is 0.118. The second-order valence-corrected chi connectivity index (χ2v) is 7.89. The number of amides is 1. The molecule has 1 fully saturated rings. The molecule has 0 bridgehead atoms. The molecule has 1 aliphatic rings. The van der Waals surface area contributed by atoms with Crippen molar-refractivity contribution in [2.75, 3.05) is 31.1 Å². The average Bonchev–Trinajstić information content (AvgIpc) is 3.18. The number of anilines is 1. The van der Waals surface area contributed by atoms with Crippen LogP contribution in [0.5, 0.6) is 0 Å². The van der Waals surface area contributed by atoms with Gasteiger partial charge in [-0.15, -0.1) is 0 Å². The molecular weight excluding hydrogens is 414 g/mol. The number of carbonyl (C=O) groups excluding carboxylic acids is 1. The van der Waals surface area contributed by atoms with E-state index in [1.807, 2.05) is 29.3 Å². The van der Waals surface area contributed by atoms with E-state index in [1.54, 1.807) is 25.5 Å². The van der Waals surface area contributed by atoms with Gasteiger partial charge in [-0.3, -0.25) is 4.79 Å². The molecule has 0 aromatic carbocycles. The third kappa shape index (κ3) is 3.70. The monoisotopic (exact) mass is 433 g/mol. The number of carbonyl (C=O) groups is 1. The van der Waals surface area contributed by atoms with Gasteiger partial charge in [0, 0.05) is 80.0 Å². The van der Waals surface area contributed by atoms with Gasteiger partial charge in [-0.25, -0.2) is 19.9 Å². The van der Waals surface area contributed by atoms with E-state index in [2.05, 4.69) is 24.8 Å². The third-order valence-corrected chi connectivity index (χ3v) is 5.76. The maximum atomic E-state index is 11.6. The predicted molar refractivity (Wildman–Crippen MR) is 120 cm³/mol. The molecule has 0 saturated carbocycles. The normalized spacial score (nSPS) is 14.3. The van der Waals surface area contributed by atoms with Gasteiger partial charge in [0.2, 0.25) is 5.91 Å². The molecule has 1 amide bonds. The number of aromatic nitrogens is 5. The predicted octanol–water partition coefficient (Wildman–Crippen LogP) is 3.40. The van der Waals surface area contributed by atoms with Gasteiger partial charge in [-0.05, 0) is 18.2 Å². The van der Waals surface area contributed by atoms with Crippen LogP contribution < -0.4 is 4.90 Å². The lowest BCUT2D eigenvalue weighted by Gasteiger charge is -2.34. The molecule has 9 heteroatoms. The van der Waals surface area contributed by atoms with Gasteiger partial charge >= 0.3 is 0 Å². The van der Waals surface area contributed by atoms with E-state index < -0.39 is 0 Å². The SMILES string of the molecule is CC(=O)N1CCN(c2ccc(-c3[nH]c4ncc(Cl)cc4c3-c3cncnc3)cn2)CC1. The number of piperazine rings is 1. The van der Waals surface area contributed by atoms with Gasteiger partial charge in [0.25, 0.3) is 0 Å². The van der Waals surface area contributed by atoms with E-state index in [-0.39, 0.29) is 5.91 Å². The van der Waals surface area contributed by atoms with Crippen LogP contribution >= 0.6 is 11.6 Å². The van der Waals surface area contributed by atoms with Gasteiger partial charge < -0.3 is 14.8 Å². The molecule has 156 valence electrons. The summed E-state index contributed by atoms with van der Waals surface area (Å²) in [6, 6.07) is 5.94. The summed E-state index contributed by atoms with van der Waals surface area (Å²) in [5.41, 5.74) is 4.37. The summed E-state index contributed by atoms with van der Waals surface area (Å²) in [5.74, 6) is 1.02. The molecule has 0 radical (unpaired) electrons. The summed E-state index contributed by atoms with van der Waals surface area (Å²) in [7, 11) is 0. The van der Waals surface area contributed by atoms with E-state index >= 15 is 0 Å². The lowest BCUT2D eigenvalue weighted by molar-refractivity contribution is -0.129. The Hall–Kier alpha value is -3.52. The maximum Gasteiger partial charge on any atom is 0.219 e. The topological polar surface area (TPSA) is 90.9 Å². The second-order valence-electron chi connectivity index (χ2n) is 7.45. The zero-order valence-corrected chi connectivity index (χ0v) is 17.7. The molecule has 8 nitrogen and oxygen atoms in total. The molecule has 1 aliphatic heterocycles. The fourth-order valence-electron chi connectivity index (χ4n) is 3.96. The Morgan fingerprint density at radius 3 is 2.45 bits per heavy atom. The van der Waals surface area contributed by atoms with Crippen LogP contribution in [0.25, 0.3) is 33.4 Å². The van der Waals surface area contributed by atoms with E-state index in [1.165, 1.54) is 6.33 Å². The first-order chi connectivity index (χ1) is 15.1. The fourth-order valence-corrected chi connectivity index (χ4v) is 4.12. The Kier molecular flexibility index (Phi) is 4.99. The number of hydrogen-bond acceptors (Lipinski definition) is 6. The highest BCUT2D eigenvalue weighted by Crippen LogP contribution is 2.38. The van der Waals surface area contributed by atoms with Crippen molar-refractivity contribution < 1.29 is 4.79 Å². The Bertz CT molecular complexity index is 1230. The number of halogens is 1. The Morgan fingerprint density at radius 2 is 1.77 bits per heavy atom. The maximum absolute atomic E-state index is 11.6. The highest BCUT2D eigenvalue weighted by molar-refractivity contribution is 6.31. The van der Waals surface area contributed by atoms with E-state index in [4.69, 9.17) is 16.6 Å². The summed E-state index contributed by atoms with van der Waals surface area (Å²) < 4.78 is 0. The third-order valence-electron chi connectivity index (χ3n) is 5.55. The highest BCUT2D eigenvalue weighted by atomic mass is 35.5. The summed E-state index contributed by atoms with van der Waals surface area (Å²) in [6.07, 6.45) is 8.53. The summed E-state index contributed by atoms with van der Waals surface area (Å²) in [4.78, 5) is 36.5. The van der Waals surface area contributed by atoms with Crippen LogP contribution in [0.2, 0.25) is 5.02 Å². The van der Waals surface area contributed by atoms with Crippen LogP contribution in [-0.4, -0.2) is 61.9 Å². The molecular formula is C22H20ClN7O. The summed E-state index contributed by atoms with van der Waals surface area (Å²) in [5, 5.41) is 1.47. The molecule has 0 atom stereocenters. The number of nitrogens with zero attached hydrogens (tertiary/aromatic N) is 6. The lowest BCUT2D eigenvalue weighted by Crippen LogP contribution is -2.48. The standard InChI is InChI=1S/C22H20ClN7O/c1-14(31)29-4-6-30(7-5-29)19-3-2-15(11-26-19)21-20(16-9-24-13-25-10-16)18-8-17(23)12-27-22(18)28-21/h2-3,8-13H,4-7H2,1H3,(H,27,28). The van der Waals surface area contributed by atoms with Crippen molar-refractivity contribution in [3.63, 3.8) is 0 Å². The van der Waals surface area contributed by atoms with Gasteiger partial charge in [0.15, 0.2) is 0 Å². The van der Waals surface area contributed by atoms with Crippen molar-refractivity contribution in [1.82, 2.24) is 29.8 Å². The lowest BCUT2D eigenvalue weighted by atomic mass is 10.0. The Labute approximate surface area is 183 Å². The molecule has 1 saturated heterocycles. The first-order valence-electron chi connectivity index (χ1n) is 9.99. The van der Waals surface area contributed by atoms with E-state index in [9.17, 15) is 4.79 Å². The number of fused-ring (bicyclic) bond motifs is 1. The second kappa shape index (κ2) is 7.96. The molecule has 0 aliphatic carbocycles. The molecule has 1 N–H and O–H groups in total. The van der Waals surface area contributed by atoms with Crippen LogP contribution in [0.15, 0.2) is 49.3 Å². The van der Waals surface area contributed by atoms with Crippen molar-refractivity contribution in [2.24, 2.45) is 0 Å². The zero-order chi connectivity index (χ0) is 21.4. The smallest absolute Gasteiger partial charge is 0.219 e. The fraction of sp³-hybridized carbons (Fsp3) is 0.227. The number of nitrogens with one attached hydrogen (secondary N) is 1. The molecule has 4 aromatic heterocycles. The van der Waals surface area contributed by atoms with Crippen molar-refractivity contribution in [2.45, 2.75) is 6.92 Å². The Morgan fingerprint density at radius 1 is 1.00 bits per heavy atom.